The molecule has 0 aliphatic carbocycles. The third kappa shape index (κ3) is 4.56. The predicted molar refractivity (Wildman–Crippen MR) is 93.7 cm³/mol. The second-order valence-corrected chi connectivity index (χ2v) is 8.05. The second kappa shape index (κ2) is 7.79. The monoisotopic (exact) mass is 354 g/mol. The molecule has 7 heteroatoms. The van der Waals surface area contributed by atoms with Crippen molar-refractivity contribution in [2.45, 2.75) is 45.1 Å². The van der Waals surface area contributed by atoms with Gasteiger partial charge in [0.15, 0.2) is 0 Å². The Labute approximate surface area is 145 Å². The number of aryl methyl sites for hydroxylation is 1. The van der Waals surface area contributed by atoms with Crippen molar-refractivity contribution in [3.05, 3.63) is 32.7 Å². The Hall–Kier alpha value is -0.890. The van der Waals surface area contributed by atoms with Crippen LogP contribution < -0.4 is 0 Å². The normalized spacial score (nSPS) is 22.3. The van der Waals surface area contributed by atoms with Gasteiger partial charge in [0.25, 0.3) is 0 Å². The first kappa shape index (κ1) is 17.0. The maximum atomic E-state index is 13.9. The molecule has 23 heavy (non-hydrogen) atoms. The van der Waals surface area contributed by atoms with E-state index in [2.05, 4.69) is 39.1 Å². The first-order valence-corrected chi connectivity index (χ1v) is 9.78. The van der Waals surface area contributed by atoms with Crippen LogP contribution in [-0.2, 0) is 19.5 Å². The average molecular weight is 355 g/mol. The smallest absolute Gasteiger partial charge is 0.114 e. The summed E-state index contributed by atoms with van der Waals surface area (Å²) in [5, 5.41) is 6.37. The largest absolute Gasteiger partial charge is 0.299 e. The van der Waals surface area contributed by atoms with Crippen LogP contribution in [0.5, 0.6) is 0 Å². The van der Waals surface area contributed by atoms with Gasteiger partial charge in [-0.3, -0.25) is 9.80 Å². The van der Waals surface area contributed by atoms with E-state index in [-0.39, 0.29) is 6.04 Å². The number of halogens is 1. The maximum absolute atomic E-state index is 13.9. The zero-order chi connectivity index (χ0) is 16.2. The first-order valence-electron chi connectivity index (χ1n) is 8.02. The summed E-state index contributed by atoms with van der Waals surface area (Å²) in [4.78, 5) is 13.4. The maximum Gasteiger partial charge on any atom is 0.114 e. The molecule has 1 aliphatic heterocycles. The molecule has 1 aliphatic rings. The molecular formula is C16H23FN4S2. The molecule has 1 fully saturated rings. The van der Waals surface area contributed by atoms with Crippen molar-refractivity contribution in [1.29, 1.82) is 0 Å². The second-order valence-electron chi connectivity index (χ2n) is 6.12. The summed E-state index contributed by atoms with van der Waals surface area (Å²) in [5.74, 6) is 0. The number of hydrogen-bond acceptors (Lipinski definition) is 6. The molecule has 0 bridgehead atoms. The van der Waals surface area contributed by atoms with Crippen LogP contribution in [0.15, 0.2) is 17.0 Å². The predicted octanol–water partition coefficient (Wildman–Crippen LogP) is 3.21. The van der Waals surface area contributed by atoms with Crippen LogP contribution in [0, 0.1) is 0 Å². The lowest BCUT2D eigenvalue weighted by Crippen LogP contribution is -2.38. The highest BCUT2D eigenvalue weighted by Crippen LogP contribution is 2.24. The zero-order valence-electron chi connectivity index (χ0n) is 13.6. The first-order chi connectivity index (χ1) is 11.1. The van der Waals surface area contributed by atoms with E-state index in [0.29, 0.717) is 13.0 Å². The van der Waals surface area contributed by atoms with Crippen LogP contribution in [0.3, 0.4) is 0 Å². The quantitative estimate of drug-likeness (QED) is 0.764. The highest BCUT2D eigenvalue weighted by atomic mass is 32.1. The van der Waals surface area contributed by atoms with E-state index in [0.717, 1.165) is 36.8 Å². The minimum atomic E-state index is -0.723. The summed E-state index contributed by atoms with van der Waals surface area (Å²) >= 11 is 3.37. The Bertz CT molecular complexity index is 601. The standard InChI is InChI=1S/C16H23FN4S2/c1-3-15-19-13(11-23-15)8-20(2)9-14-6-12(17)7-21(14)10-16-18-4-5-22-16/h4-5,11-12,14H,3,6-10H2,1-2H3/t12-,14-/m0/s1. The molecule has 0 N–H and O–H groups in total. The number of nitrogens with zero attached hydrogens (tertiary/aromatic N) is 4. The van der Waals surface area contributed by atoms with Crippen molar-refractivity contribution in [1.82, 2.24) is 19.8 Å². The van der Waals surface area contributed by atoms with Gasteiger partial charge in [0.2, 0.25) is 0 Å². The SMILES string of the molecule is CCc1nc(CN(C)C[C@@H]2C[C@H](F)CN2Cc2nccs2)cs1. The van der Waals surface area contributed by atoms with Crippen molar-refractivity contribution >= 4 is 22.7 Å². The fourth-order valence-corrected chi connectivity index (χ4v) is 4.47. The molecule has 0 aromatic carbocycles. The number of thiazole rings is 2. The van der Waals surface area contributed by atoms with E-state index in [1.54, 1.807) is 22.7 Å². The minimum Gasteiger partial charge on any atom is -0.299 e. The highest BCUT2D eigenvalue weighted by Gasteiger charge is 2.33. The molecule has 3 heterocycles. The van der Waals surface area contributed by atoms with E-state index < -0.39 is 6.17 Å². The molecule has 0 amide bonds. The Balaban J connectivity index is 1.56. The molecule has 3 rings (SSSR count). The molecule has 1 saturated heterocycles. The van der Waals surface area contributed by atoms with Crippen LogP contribution in [-0.4, -0.2) is 52.1 Å². The third-order valence-corrected chi connectivity index (χ3v) is 5.96. The number of rotatable bonds is 7. The molecular weight excluding hydrogens is 331 g/mol. The van der Waals surface area contributed by atoms with Crippen molar-refractivity contribution in [2.24, 2.45) is 0 Å². The summed E-state index contributed by atoms with van der Waals surface area (Å²) in [6, 6.07) is 0.253. The fourth-order valence-electron chi connectivity index (χ4n) is 3.10. The van der Waals surface area contributed by atoms with Crippen LogP contribution in [0.2, 0.25) is 0 Å². The van der Waals surface area contributed by atoms with Crippen molar-refractivity contribution in [2.75, 3.05) is 20.1 Å². The van der Waals surface area contributed by atoms with E-state index in [9.17, 15) is 4.39 Å². The highest BCUT2D eigenvalue weighted by molar-refractivity contribution is 7.09. The van der Waals surface area contributed by atoms with E-state index in [4.69, 9.17) is 0 Å². The average Bonchev–Trinajstić information content (AvgIpc) is 3.22. The van der Waals surface area contributed by atoms with E-state index in [1.165, 1.54) is 5.01 Å². The van der Waals surface area contributed by atoms with Gasteiger partial charge in [-0.1, -0.05) is 6.92 Å². The van der Waals surface area contributed by atoms with Gasteiger partial charge in [-0.05, 0) is 19.9 Å². The molecule has 0 radical (unpaired) electrons. The Kier molecular flexibility index (Phi) is 5.74. The molecule has 0 unspecified atom stereocenters. The molecule has 4 nitrogen and oxygen atoms in total. The summed E-state index contributed by atoms with van der Waals surface area (Å²) < 4.78 is 13.9. The van der Waals surface area contributed by atoms with Gasteiger partial charge in [-0.2, -0.15) is 0 Å². The van der Waals surface area contributed by atoms with Gasteiger partial charge in [-0.25, -0.2) is 14.4 Å². The van der Waals surface area contributed by atoms with Crippen LogP contribution in [0.4, 0.5) is 4.39 Å². The Morgan fingerprint density at radius 2 is 2.26 bits per heavy atom. The van der Waals surface area contributed by atoms with Crippen LogP contribution in [0.25, 0.3) is 0 Å². The summed E-state index contributed by atoms with van der Waals surface area (Å²) in [5.41, 5.74) is 1.12. The number of aromatic nitrogens is 2. The molecule has 2 aromatic rings. The van der Waals surface area contributed by atoms with Crippen molar-refractivity contribution in [3.63, 3.8) is 0 Å². The topological polar surface area (TPSA) is 32.3 Å². The van der Waals surface area contributed by atoms with Gasteiger partial charge in [0, 0.05) is 42.6 Å². The van der Waals surface area contributed by atoms with Gasteiger partial charge < -0.3 is 0 Å². The summed E-state index contributed by atoms with van der Waals surface area (Å²) in [6.07, 6.45) is 2.70. The lowest BCUT2D eigenvalue weighted by atomic mass is 10.2. The summed E-state index contributed by atoms with van der Waals surface area (Å²) in [7, 11) is 2.10. The van der Waals surface area contributed by atoms with Gasteiger partial charge in [0.05, 0.1) is 17.2 Å². The van der Waals surface area contributed by atoms with E-state index in [1.807, 2.05) is 11.6 Å². The van der Waals surface area contributed by atoms with Gasteiger partial charge in [0.1, 0.15) is 11.2 Å². The summed E-state index contributed by atoms with van der Waals surface area (Å²) in [6.45, 7) is 5.10. The molecule has 2 atom stereocenters. The molecule has 126 valence electrons. The lowest BCUT2D eigenvalue weighted by molar-refractivity contribution is 0.179. The van der Waals surface area contributed by atoms with Crippen LogP contribution in [0.1, 0.15) is 29.1 Å². The number of likely N-dealkylation sites (N-methyl/N-ethyl adjacent to an activating group) is 1. The number of hydrogen-bond donors (Lipinski definition) is 0. The minimum absolute atomic E-state index is 0.253. The van der Waals surface area contributed by atoms with Gasteiger partial charge in [-0.15, -0.1) is 22.7 Å². The number of alkyl halides is 1. The number of likely N-dealkylation sites (tertiary alicyclic amines) is 1. The van der Waals surface area contributed by atoms with Gasteiger partial charge >= 0.3 is 0 Å². The Morgan fingerprint density at radius 3 is 2.96 bits per heavy atom. The van der Waals surface area contributed by atoms with Crippen LogP contribution >= 0.6 is 22.7 Å². The third-order valence-electron chi connectivity index (χ3n) is 4.15. The molecule has 0 saturated carbocycles. The Morgan fingerprint density at radius 1 is 1.39 bits per heavy atom. The fraction of sp³-hybridized carbons (Fsp3) is 0.625. The van der Waals surface area contributed by atoms with Crippen molar-refractivity contribution in [3.8, 4) is 0 Å². The lowest BCUT2D eigenvalue weighted by Gasteiger charge is -2.27. The van der Waals surface area contributed by atoms with Crippen molar-refractivity contribution < 1.29 is 4.39 Å². The van der Waals surface area contributed by atoms with E-state index >= 15 is 0 Å². The molecule has 0 spiro atoms. The zero-order valence-corrected chi connectivity index (χ0v) is 15.2. The molecule has 2 aromatic heterocycles.